The van der Waals surface area contributed by atoms with E-state index in [0.717, 1.165) is 12.2 Å². The molecule has 1 aliphatic heterocycles. The Labute approximate surface area is 272 Å². The minimum atomic E-state index is -0.378. The molecule has 5 aromatic carbocycles. The number of anilines is 2. The van der Waals surface area contributed by atoms with E-state index in [0.29, 0.717) is 0 Å². The van der Waals surface area contributed by atoms with E-state index in [1.54, 1.807) is 0 Å². The van der Waals surface area contributed by atoms with Crippen LogP contribution in [0.5, 0.6) is 5.75 Å². The van der Waals surface area contributed by atoms with Gasteiger partial charge >= 0.3 is 0 Å². The second-order valence-electron chi connectivity index (χ2n) is 12.7. The van der Waals surface area contributed by atoms with Crippen molar-refractivity contribution < 1.29 is 4.74 Å². The van der Waals surface area contributed by atoms with Crippen LogP contribution in [0, 0.1) is 0 Å². The highest BCUT2D eigenvalue weighted by atomic mass is 32.1. The van der Waals surface area contributed by atoms with Crippen molar-refractivity contribution in [3.63, 3.8) is 0 Å². The van der Waals surface area contributed by atoms with Crippen LogP contribution < -0.4 is 19.4 Å². The SMILES string of the molecule is C1=CC2Oc3cccc4c3C2C(=C1)C4(c1ccccc1)c1ccc(N(c2ccccc2)C2C=c3sc4ccccc4c3=CC2)cc1. The maximum absolute atomic E-state index is 6.46. The molecule has 4 unspecified atom stereocenters. The Balaban J connectivity index is 1.14. The molecule has 4 aliphatic rings. The first-order chi connectivity index (χ1) is 22.8. The first-order valence-electron chi connectivity index (χ1n) is 16.2. The zero-order valence-corrected chi connectivity index (χ0v) is 26.0. The van der Waals surface area contributed by atoms with Gasteiger partial charge in [-0.15, -0.1) is 11.3 Å². The lowest BCUT2D eigenvalue weighted by Gasteiger charge is -2.38. The molecule has 0 spiro atoms. The van der Waals surface area contributed by atoms with E-state index in [1.807, 2.05) is 11.3 Å². The summed E-state index contributed by atoms with van der Waals surface area (Å²) in [6, 6.07) is 47.0. The molecular formula is C43H31NOS. The number of nitrogens with zero attached hydrogens (tertiary/aromatic N) is 1. The molecule has 0 N–H and O–H groups in total. The van der Waals surface area contributed by atoms with Crippen LogP contribution >= 0.6 is 11.3 Å². The van der Waals surface area contributed by atoms with Crippen LogP contribution in [0.25, 0.3) is 22.2 Å². The minimum absolute atomic E-state index is 0.0477. The van der Waals surface area contributed by atoms with Crippen molar-refractivity contribution in [3.8, 4) is 5.75 Å². The Kier molecular flexibility index (Phi) is 5.65. The van der Waals surface area contributed by atoms with Gasteiger partial charge in [-0.3, -0.25) is 0 Å². The van der Waals surface area contributed by atoms with Gasteiger partial charge in [-0.1, -0.05) is 109 Å². The maximum atomic E-state index is 6.46. The summed E-state index contributed by atoms with van der Waals surface area (Å²) in [7, 11) is 0. The molecule has 220 valence electrons. The molecule has 6 aromatic rings. The van der Waals surface area contributed by atoms with Crippen LogP contribution in [0.15, 0.2) is 151 Å². The molecule has 2 nitrogen and oxygen atoms in total. The largest absolute Gasteiger partial charge is 0.485 e. The van der Waals surface area contributed by atoms with Crippen molar-refractivity contribution in [2.24, 2.45) is 0 Å². The van der Waals surface area contributed by atoms with E-state index in [9.17, 15) is 0 Å². The summed E-state index contributed by atoms with van der Waals surface area (Å²) in [6.45, 7) is 0. The Hall–Kier alpha value is -5.12. The highest BCUT2D eigenvalue weighted by molar-refractivity contribution is 7.17. The monoisotopic (exact) mass is 609 g/mol. The molecule has 1 aromatic heterocycles. The summed E-state index contributed by atoms with van der Waals surface area (Å²) in [5.41, 5.74) is 8.74. The molecule has 0 bridgehead atoms. The van der Waals surface area contributed by atoms with Gasteiger partial charge in [0, 0.05) is 26.2 Å². The second kappa shape index (κ2) is 9.94. The van der Waals surface area contributed by atoms with E-state index in [2.05, 4.69) is 163 Å². The Bertz CT molecular complexity index is 2330. The van der Waals surface area contributed by atoms with E-state index in [-0.39, 0.29) is 23.5 Å². The average molecular weight is 610 g/mol. The summed E-state index contributed by atoms with van der Waals surface area (Å²) in [4.78, 5) is 2.52. The van der Waals surface area contributed by atoms with Crippen molar-refractivity contribution in [3.05, 3.63) is 183 Å². The third kappa shape index (κ3) is 3.58. The molecule has 46 heavy (non-hydrogen) atoms. The van der Waals surface area contributed by atoms with Gasteiger partial charge in [0.2, 0.25) is 0 Å². The number of thiophene rings is 1. The van der Waals surface area contributed by atoms with Gasteiger partial charge in [-0.2, -0.15) is 0 Å². The third-order valence-corrected chi connectivity index (χ3v) is 11.6. The Morgan fingerprint density at radius 1 is 0.717 bits per heavy atom. The molecule has 0 saturated carbocycles. The molecule has 2 heterocycles. The van der Waals surface area contributed by atoms with Crippen LogP contribution in [0.2, 0.25) is 0 Å². The van der Waals surface area contributed by atoms with Gasteiger partial charge in [0.1, 0.15) is 11.9 Å². The van der Waals surface area contributed by atoms with Crippen LogP contribution in [0.3, 0.4) is 0 Å². The first kappa shape index (κ1) is 26.1. The fraction of sp³-hybridized carbons (Fsp3) is 0.116. The number of hydrogen-bond acceptors (Lipinski definition) is 3. The lowest BCUT2D eigenvalue weighted by Crippen LogP contribution is -2.36. The van der Waals surface area contributed by atoms with Crippen molar-refractivity contribution in [2.75, 3.05) is 4.90 Å². The highest BCUT2D eigenvalue weighted by Crippen LogP contribution is 2.64. The average Bonchev–Trinajstić information content (AvgIpc) is 3.78. The molecule has 0 radical (unpaired) electrons. The zero-order chi connectivity index (χ0) is 30.2. The van der Waals surface area contributed by atoms with Gasteiger partial charge in [0.15, 0.2) is 0 Å². The van der Waals surface area contributed by atoms with Crippen LogP contribution in [-0.2, 0) is 5.41 Å². The maximum Gasteiger partial charge on any atom is 0.128 e. The predicted octanol–water partition coefficient (Wildman–Crippen LogP) is 8.76. The van der Waals surface area contributed by atoms with Crippen molar-refractivity contribution in [2.45, 2.75) is 29.9 Å². The quantitative estimate of drug-likeness (QED) is 0.194. The van der Waals surface area contributed by atoms with Gasteiger partial charge < -0.3 is 9.64 Å². The van der Waals surface area contributed by atoms with Crippen molar-refractivity contribution in [1.29, 1.82) is 0 Å². The summed E-state index contributed by atoms with van der Waals surface area (Å²) < 4.78 is 9.18. The summed E-state index contributed by atoms with van der Waals surface area (Å²) >= 11 is 1.90. The second-order valence-corrected chi connectivity index (χ2v) is 13.8. The summed E-state index contributed by atoms with van der Waals surface area (Å²) in [5.74, 6) is 1.26. The minimum Gasteiger partial charge on any atom is -0.485 e. The normalized spacial score (nSPS) is 23.1. The highest BCUT2D eigenvalue weighted by Gasteiger charge is 2.56. The fourth-order valence-electron chi connectivity index (χ4n) is 8.61. The van der Waals surface area contributed by atoms with Gasteiger partial charge in [-0.05, 0) is 87.8 Å². The van der Waals surface area contributed by atoms with E-state index in [4.69, 9.17) is 4.74 Å². The number of hydrogen-bond donors (Lipinski definition) is 0. The molecule has 10 rings (SSSR count). The molecule has 0 fully saturated rings. The summed E-state index contributed by atoms with van der Waals surface area (Å²) in [6.07, 6.45) is 12.7. The smallest absolute Gasteiger partial charge is 0.128 e. The Morgan fingerprint density at radius 3 is 2.30 bits per heavy atom. The van der Waals surface area contributed by atoms with Crippen LogP contribution in [-0.4, -0.2) is 12.1 Å². The number of fused-ring (bicyclic) bond motifs is 3. The van der Waals surface area contributed by atoms with E-state index >= 15 is 0 Å². The summed E-state index contributed by atoms with van der Waals surface area (Å²) in [5, 5.41) is 2.75. The standard InChI is InChI=1S/C43H31NOS/c1-3-11-28(12-4-1)43(35-16-9-18-37-41(35)42-36(43)17-10-19-38(42)45-37)29-21-23-31(24-22-29)44(30-13-5-2-6-14-30)32-25-26-34-33-15-7-8-20-39(33)46-40(34)27-32/h1-24,26-27,32,37,41H,25H2. The van der Waals surface area contributed by atoms with Crippen molar-refractivity contribution in [1.82, 2.24) is 0 Å². The third-order valence-electron chi connectivity index (χ3n) is 10.4. The first-order valence-corrected chi connectivity index (χ1v) is 17.0. The Morgan fingerprint density at radius 2 is 1.46 bits per heavy atom. The van der Waals surface area contributed by atoms with Crippen molar-refractivity contribution >= 4 is 44.9 Å². The topological polar surface area (TPSA) is 12.5 Å². The van der Waals surface area contributed by atoms with Crippen LogP contribution in [0.1, 0.15) is 34.6 Å². The van der Waals surface area contributed by atoms with Gasteiger partial charge in [0.25, 0.3) is 0 Å². The van der Waals surface area contributed by atoms with Crippen LogP contribution in [0.4, 0.5) is 11.4 Å². The van der Waals surface area contributed by atoms with Gasteiger partial charge in [-0.25, -0.2) is 0 Å². The number of para-hydroxylation sites is 1. The molecule has 4 atom stereocenters. The molecule has 0 saturated heterocycles. The number of ether oxygens (including phenoxy) is 1. The van der Waals surface area contributed by atoms with Gasteiger partial charge in [0.05, 0.1) is 17.4 Å². The molecule has 3 heteroatoms. The molecule has 0 amide bonds. The lowest BCUT2D eigenvalue weighted by atomic mass is 9.66. The van der Waals surface area contributed by atoms with E-state index in [1.165, 1.54) is 59.0 Å². The predicted molar refractivity (Wildman–Crippen MR) is 191 cm³/mol. The fourth-order valence-corrected chi connectivity index (χ4v) is 9.81. The number of rotatable bonds is 5. The molecular weight excluding hydrogens is 579 g/mol. The number of allylic oxidation sites excluding steroid dienone is 2. The number of benzene rings is 5. The molecule has 3 aliphatic carbocycles. The lowest BCUT2D eigenvalue weighted by molar-refractivity contribution is 0.261. The zero-order valence-electron chi connectivity index (χ0n) is 25.2. The van der Waals surface area contributed by atoms with E-state index < -0.39 is 0 Å².